The van der Waals surface area contributed by atoms with E-state index in [1.165, 1.54) is 0 Å². The number of hydrogen-bond donors (Lipinski definition) is 2. The summed E-state index contributed by atoms with van der Waals surface area (Å²) in [6, 6.07) is 0.0826. The maximum absolute atomic E-state index is 12.1. The molecule has 0 aliphatic heterocycles. The predicted octanol–water partition coefficient (Wildman–Crippen LogP) is 0.695. The monoisotopic (exact) mass is 268 g/mol. The van der Waals surface area contributed by atoms with Crippen molar-refractivity contribution in [3.05, 3.63) is 17.5 Å². The average molecular weight is 268 g/mol. The number of aryl methyl sites for hydroxylation is 1. The first-order valence-corrected chi connectivity index (χ1v) is 6.62. The Kier molecular flexibility index (Phi) is 6.52. The van der Waals surface area contributed by atoms with E-state index >= 15 is 0 Å². The van der Waals surface area contributed by atoms with Crippen LogP contribution >= 0.6 is 0 Å². The molecule has 6 nitrogen and oxygen atoms in total. The van der Waals surface area contributed by atoms with Crippen molar-refractivity contribution in [2.75, 3.05) is 20.3 Å². The second-order valence-electron chi connectivity index (χ2n) is 4.67. The number of rotatable bonds is 8. The molecule has 0 saturated heterocycles. The molecule has 0 spiro atoms. The Labute approximate surface area is 114 Å². The molecule has 0 saturated carbocycles. The van der Waals surface area contributed by atoms with E-state index in [0.29, 0.717) is 18.7 Å². The molecule has 0 bridgehead atoms. The third-order valence-electron chi connectivity index (χ3n) is 3.05. The summed E-state index contributed by atoms with van der Waals surface area (Å²) in [7, 11) is 1.65. The molecule has 1 atom stereocenters. The average Bonchev–Trinajstić information content (AvgIpc) is 2.75. The number of carbonyl (C=O) groups excluding carboxylic acids is 1. The van der Waals surface area contributed by atoms with Crippen LogP contribution in [0, 0.1) is 6.92 Å². The van der Waals surface area contributed by atoms with Crippen LogP contribution < -0.4 is 11.1 Å². The lowest BCUT2D eigenvalue weighted by Crippen LogP contribution is -2.33. The van der Waals surface area contributed by atoms with Gasteiger partial charge in [-0.3, -0.25) is 9.48 Å². The molecule has 19 heavy (non-hydrogen) atoms. The van der Waals surface area contributed by atoms with Crippen LogP contribution in [0.25, 0.3) is 0 Å². The maximum Gasteiger partial charge on any atom is 0.254 e. The van der Waals surface area contributed by atoms with Crippen molar-refractivity contribution < 1.29 is 9.53 Å². The summed E-state index contributed by atoms with van der Waals surface area (Å²) in [6.45, 7) is 5.86. The van der Waals surface area contributed by atoms with Gasteiger partial charge in [0.2, 0.25) is 0 Å². The second-order valence-corrected chi connectivity index (χ2v) is 4.67. The lowest BCUT2D eigenvalue weighted by molar-refractivity contribution is 0.0929. The molecule has 0 fully saturated rings. The molecule has 1 rings (SSSR count). The molecule has 108 valence electrons. The van der Waals surface area contributed by atoms with Crippen molar-refractivity contribution in [1.29, 1.82) is 0 Å². The van der Waals surface area contributed by atoms with Crippen molar-refractivity contribution in [3.8, 4) is 0 Å². The van der Waals surface area contributed by atoms with Crippen LogP contribution in [-0.4, -0.2) is 42.0 Å². The van der Waals surface area contributed by atoms with Crippen molar-refractivity contribution in [3.63, 3.8) is 0 Å². The number of amides is 1. The van der Waals surface area contributed by atoms with E-state index in [4.69, 9.17) is 10.5 Å². The third kappa shape index (κ3) is 4.65. The minimum atomic E-state index is -0.0832. The van der Waals surface area contributed by atoms with Gasteiger partial charge in [0.05, 0.1) is 11.8 Å². The molecule has 6 heteroatoms. The lowest BCUT2D eigenvalue weighted by atomic mass is 10.2. The van der Waals surface area contributed by atoms with E-state index in [9.17, 15) is 4.79 Å². The fourth-order valence-electron chi connectivity index (χ4n) is 1.80. The van der Waals surface area contributed by atoms with Gasteiger partial charge < -0.3 is 15.8 Å². The minimum Gasteiger partial charge on any atom is -0.385 e. The molecule has 0 aliphatic rings. The SMILES string of the molecule is COCCC(C)NC(=O)c1cnn(CCCN)c1C. The van der Waals surface area contributed by atoms with E-state index in [1.54, 1.807) is 13.3 Å². The number of nitrogens with one attached hydrogen (secondary N) is 1. The van der Waals surface area contributed by atoms with Gasteiger partial charge in [0.1, 0.15) is 0 Å². The fraction of sp³-hybridized carbons (Fsp3) is 0.692. The quantitative estimate of drug-likeness (QED) is 0.727. The summed E-state index contributed by atoms with van der Waals surface area (Å²) in [6.07, 6.45) is 3.26. The highest BCUT2D eigenvalue weighted by Gasteiger charge is 2.15. The number of ether oxygens (including phenoxy) is 1. The smallest absolute Gasteiger partial charge is 0.254 e. The number of nitrogens with two attached hydrogens (primary N) is 1. The Morgan fingerprint density at radius 1 is 1.63 bits per heavy atom. The number of carbonyl (C=O) groups is 1. The van der Waals surface area contributed by atoms with Gasteiger partial charge in [-0.2, -0.15) is 5.10 Å². The van der Waals surface area contributed by atoms with Gasteiger partial charge in [-0.25, -0.2) is 0 Å². The fourth-order valence-corrected chi connectivity index (χ4v) is 1.80. The van der Waals surface area contributed by atoms with Crippen molar-refractivity contribution in [2.45, 2.75) is 39.3 Å². The molecule has 0 aromatic carbocycles. The first-order valence-electron chi connectivity index (χ1n) is 6.62. The van der Waals surface area contributed by atoms with E-state index in [-0.39, 0.29) is 11.9 Å². The largest absolute Gasteiger partial charge is 0.385 e. The number of methoxy groups -OCH3 is 1. The van der Waals surface area contributed by atoms with Crippen LogP contribution in [0.5, 0.6) is 0 Å². The summed E-state index contributed by atoms with van der Waals surface area (Å²) in [4.78, 5) is 12.1. The standard InChI is InChI=1S/C13H24N4O2/c1-10(5-8-19-3)16-13(18)12-9-15-17(11(12)2)7-4-6-14/h9-10H,4-8,14H2,1-3H3,(H,16,18). The summed E-state index contributed by atoms with van der Waals surface area (Å²) < 4.78 is 6.81. The van der Waals surface area contributed by atoms with E-state index in [2.05, 4.69) is 10.4 Å². The van der Waals surface area contributed by atoms with Crippen LogP contribution in [0.3, 0.4) is 0 Å². The van der Waals surface area contributed by atoms with Gasteiger partial charge in [0.25, 0.3) is 5.91 Å². The summed E-state index contributed by atoms with van der Waals surface area (Å²) >= 11 is 0. The van der Waals surface area contributed by atoms with Crippen molar-refractivity contribution >= 4 is 5.91 Å². The molecule has 0 aliphatic carbocycles. The Morgan fingerprint density at radius 2 is 2.37 bits per heavy atom. The topological polar surface area (TPSA) is 82.2 Å². The normalized spacial score (nSPS) is 12.4. The van der Waals surface area contributed by atoms with Gasteiger partial charge in [0, 0.05) is 32.0 Å². The Balaban J connectivity index is 2.59. The van der Waals surface area contributed by atoms with Gasteiger partial charge in [-0.1, -0.05) is 0 Å². The van der Waals surface area contributed by atoms with Gasteiger partial charge in [-0.15, -0.1) is 0 Å². The van der Waals surface area contributed by atoms with Gasteiger partial charge in [0.15, 0.2) is 0 Å². The van der Waals surface area contributed by atoms with E-state index in [0.717, 1.165) is 25.1 Å². The van der Waals surface area contributed by atoms with Crippen molar-refractivity contribution in [2.24, 2.45) is 5.73 Å². The van der Waals surface area contributed by atoms with Crippen LogP contribution in [0.4, 0.5) is 0 Å². The van der Waals surface area contributed by atoms with Crippen LogP contribution in [0.15, 0.2) is 6.20 Å². The number of aromatic nitrogens is 2. The zero-order valence-corrected chi connectivity index (χ0v) is 12.0. The molecule has 1 aromatic rings. The van der Waals surface area contributed by atoms with Crippen LogP contribution in [0.1, 0.15) is 35.8 Å². The third-order valence-corrected chi connectivity index (χ3v) is 3.05. The summed E-state index contributed by atoms with van der Waals surface area (Å²) in [5, 5.41) is 7.16. The predicted molar refractivity (Wildman–Crippen MR) is 74.1 cm³/mol. The van der Waals surface area contributed by atoms with E-state index < -0.39 is 0 Å². The van der Waals surface area contributed by atoms with Gasteiger partial charge >= 0.3 is 0 Å². The maximum atomic E-state index is 12.1. The second kappa shape index (κ2) is 7.91. The molecule has 1 amide bonds. The Bertz CT molecular complexity index is 403. The minimum absolute atomic E-state index is 0.0826. The molecule has 0 radical (unpaired) electrons. The van der Waals surface area contributed by atoms with Crippen LogP contribution in [0.2, 0.25) is 0 Å². The first-order chi connectivity index (χ1) is 9.10. The molecule has 1 unspecified atom stereocenters. The van der Waals surface area contributed by atoms with E-state index in [1.807, 2.05) is 18.5 Å². The molecule has 1 aromatic heterocycles. The van der Waals surface area contributed by atoms with Crippen molar-refractivity contribution in [1.82, 2.24) is 15.1 Å². The van der Waals surface area contributed by atoms with Gasteiger partial charge in [-0.05, 0) is 33.2 Å². The lowest BCUT2D eigenvalue weighted by Gasteiger charge is -2.13. The first kappa shape index (κ1) is 15.7. The Morgan fingerprint density at radius 3 is 3.00 bits per heavy atom. The number of nitrogens with zero attached hydrogens (tertiary/aromatic N) is 2. The molecule has 1 heterocycles. The highest BCUT2D eigenvalue weighted by molar-refractivity contribution is 5.95. The molecular formula is C13H24N4O2. The Hall–Kier alpha value is -1.40. The summed E-state index contributed by atoms with van der Waals surface area (Å²) in [5.74, 6) is -0.0832. The zero-order chi connectivity index (χ0) is 14.3. The highest BCUT2D eigenvalue weighted by atomic mass is 16.5. The van der Waals surface area contributed by atoms with Crippen LogP contribution in [-0.2, 0) is 11.3 Å². The highest BCUT2D eigenvalue weighted by Crippen LogP contribution is 2.08. The molecular weight excluding hydrogens is 244 g/mol. The number of hydrogen-bond acceptors (Lipinski definition) is 4. The summed E-state index contributed by atoms with van der Waals surface area (Å²) in [5.41, 5.74) is 6.98. The molecule has 3 N–H and O–H groups in total. The zero-order valence-electron chi connectivity index (χ0n) is 12.0.